The summed E-state index contributed by atoms with van der Waals surface area (Å²) in [6, 6.07) is 5.64. The summed E-state index contributed by atoms with van der Waals surface area (Å²) in [5, 5.41) is 6.68. The molecule has 0 N–H and O–H groups in total. The lowest BCUT2D eigenvalue weighted by molar-refractivity contribution is 0.00578. The van der Waals surface area contributed by atoms with E-state index >= 15 is 0 Å². The molecule has 1 fully saturated rings. The zero-order valence-electron chi connectivity index (χ0n) is 13.5. The van der Waals surface area contributed by atoms with Crippen molar-refractivity contribution in [2.24, 2.45) is 5.10 Å². The van der Waals surface area contributed by atoms with Gasteiger partial charge in [0.15, 0.2) is 0 Å². The number of halogens is 1. The van der Waals surface area contributed by atoms with Crippen LogP contribution in [-0.2, 0) is 9.31 Å². The quantitative estimate of drug-likeness (QED) is 0.489. The van der Waals surface area contributed by atoms with E-state index < -0.39 is 7.12 Å². The van der Waals surface area contributed by atoms with E-state index in [1.54, 1.807) is 11.2 Å². The van der Waals surface area contributed by atoms with Crippen LogP contribution < -0.4 is 5.46 Å². The Bertz CT molecular complexity index is 543. The summed E-state index contributed by atoms with van der Waals surface area (Å²) in [4.78, 5) is 0. The first-order valence-electron chi connectivity index (χ1n) is 6.99. The van der Waals surface area contributed by atoms with E-state index in [-0.39, 0.29) is 11.2 Å². The number of hydrazone groups is 1. The molecular formula is C15H22BClN2O2. The van der Waals surface area contributed by atoms with Crippen molar-refractivity contribution in [2.45, 2.75) is 38.9 Å². The van der Waals surface area contributed by atoms with Gasteiger partial charge in [-0.25, -0.2) is 0 Å². The fourth-order valence-corrected chi connectivity index (χ4v) is 2.20. The third-order valence-electron chi connectivity index (χ3n) is 3.98. The SMILES string of the molecule is CN(C)/N=C/c1ccc(Cl)cc1B1OC(C)(C)C(C)(C)O1. The number of hydrogen-bond donors (Lipinski definition) is 0. The predicted octanol–water partition coefficient (Wildman–Crippen LogP) is 2.53. The minimum atomic E-state index is -0.447. The minimum Gasteiger partial charge on any atom is -0.399 e. The number of hydrogen-bond acceptors (Lipinski definition) is 4. The van der Waals surface area contributed by atoms with Crippen molar-refractivity contribution >= 4 is 30.4 Å². The molecule has 0 aromatic heterocycles. The normalized spacial score (nSPS) is 20.2. The lowest BCUT2D eigenvalue weighted by Gasteiger charge is -2.32. The van der Waals surface area contributed by atoms with Crippen molar-refractivity contribution in [3.8, 4) is 0 Å². The van der Waals surface area contributed by atoms with Gasteiger partial charge in [0.05, 0.1) is 17.4 Å². The molecule has 1 saturated heterocycles. The van der Waals surface area contributed by atoms with Crippen molar-refractivity contribution in [1.82, 2.24) is 5.01 Å². The molecule has 0 amide bonds. The molecule has 0 saturated carbocycles. The Morgan fingerprint density at radius 2 is 1.71 bits per heavy atom. The van der Waals surface area contributed by atoms with Crippen LogP contribution in [0.5, 0.6) is 0 Å². The molecule has 1 heterocycles. The van der Waals surface area contributed by atoms with E-state index in [0.29, 0.717) is 5.02 Å². The topological polar surface area (TPSA) is 34.1 Å². The van der Waals surface area contributed by atoms with E-state index in [1.807, 2.05) is 60.0 Å². The van der Waals surface area contributed by atoms with E-state index in [2.05, 4.69) is 5.10 Å². The molecule has 21 heavy (non-hydrogen) atoms. The average molecular weight is 309 g/mol. The first-order chi connectivity index (χ1) is 9.62. The summed E-state index contributed by atoms with van der Waals surface area (Å²) in [7, 11) is 3.30. The van der Waals surface area contributed by atoms with Gasteiger partial charge in [0.1, 0.15) is 0 Å². The molecule has 0 radical (unpaired) electrons. The minimum absolute atomic E-state index is 0.379. The second kappa shape index (κ2) is 5.63. The monoisotopic (exact) mass is 308 g/mol. The van der Waals surface area contributed by atoms with E-state index in [4.69, 9.17) is 20.9 Å². The molecule has 0 bridgehead atoms. The molecule has 0 aliphatic carbocycles. The Morgan fingerprint density at radius 1 is 1.14 bits per heavy atom. The zero-order chi connectivity index (χ0) is 15.8. The molecule has 1 aromatic carbocycles. The molecule has 6 heteroatoms. The molecule has 0 spiro atoms. The van der Waals surface area contributed by atoms with Crippen molar-refractivity contribution in [1.29, 1.82) is 0 Å². The summed E-state index contributed by atoms with van der Waals surface area (Å²) in [6.45, 7) is 8.13. The summed E-state index contributed by atoms with van der Waals surface area (Å²) in [5.74, 6) is 0. The fraction of sp³-hybridized carbons (Fsp3) is 0.533. The Labute approximate surface area is 132 Å². The maximum absolute atomic E-state index is 6.13. The van der Waals surface area contributed by atoms with E-state index in [9.17, 15) is 0 Å². The van der Waals surface area contributed by atoms with Gasteiger partial charge in [0.2, 0.25) is 0 Å². The van der Waals surface area contributed by atoms with Crippen LogP contribution in [0.4, 0.5) is 0 Å². The highest BCUT2D eigenvalue weighted by molar-refractivity contribution is 6.63. The molecule has 0 unspecified atom stereocenters. The van der Waals surface area contributed by atoms with Gasteiger partial charge in [0, 0.05) is 19.1 Å². The van der Waals surface area contributed by atoms with Crippen LogP contribution in [0, 0.1) is 0 Å². The second-order valence-electron chi connectivity index (χ2n) is 6.45. The first kappa shape index (κ1) is 16.3. The predicted molar refractivity (Wildman–Crippen MR) is 88.4 cm³/mol. The van der Waals surface area contributed by atoms with Gasteiger partial charge in [-0.3, -0.25) is 0 Å². The van der Waals surface area contributed by atoms with Gasteiger partial charge in [-0.15, -0.1) is 0 Å². The molecule has 114 valence electrons. The highest BCUT2D eigenvalue weighted by Crippen LogP contribution is 2.36. The average Bonchev–Trinajstić information content (AvgIpc) is 2.56. The Hall–Kier alpha value is -1.04. The third-order valence-corrected chi connectivity index (χ3v) is 4.22. The van der Waals surface area contributed by atoms with Crippen molar-refractivity contribution in [3.05, 3.63) is 28.8 Å². The highest BCUT2D eigenvalue weighted by Gasteiger charge is 2.52. The number of benzene rings is 1. The van der Waals surface area contributed by atoms with E-state index in [0.717, 1.165) is 11.0 Å². The maximum Gasteiger partial charge on any atom is 0.495 e. The van der Waals surface area contributed by atoms with Crippen LogP contribution in [0.3, 0.4) is 0 Å². The van der Waals surface area contributed by atoms with Gasteiger partial charge >= 0.3 is 7.12 Å². The Morgan fingerprint density at radius 3 is 2.24 bits per heavy atom. The lowest BCUT2D eigenvalue weighted by Crippen LogP contribution is -2.41. The standard InChI is InChI=1S/C15H22BClN2O2/c1-14(2)15(3,4)21-16(20-14)13-9-12(17)8-7-11(13)10-18-19(5)6/h7-10H,1-6H3/b18-10+. The molecule has 0 atom stereocenters. The zero-order valence-corrected chi connectivity index (χ0v) is 14.2. The summed E-state index contributed by atoms with van der Waals surface area (Å²) in [6.07, 6.45) is 1.79. The Balaban J connectivity index is 2.38. The fourth-order valence-electron chi connectivity index (χ4n) is 2.02. The molecule has 1 aliphatic heterocycles. The largest absolute Gasteiger partial charge is 0.495 e. The molecule has 1 aliphatic rings. The van der Waals surface area contributed by atoms with Gasteiger partial charge in [0.25, 0.3) is 0 Å². The van der Waals surface area contributed by atoms with Gasteiger partial charge < -0.3 is 14.3 Å². The van der Waals surface area contributed by atoms with Crippen LogP contribution in [-0.4, -0.2) is 43.6 Å². The highest BCUT2D eigenvalue weighted by atomic mass is 35.5. The van der Waals surface area contributed by atoms with Crippen LogP contribution in [0.1, 0.15) is 33.3 Å². The van der Waals surface area contributed by atoms with Crippen LogP contribution in [0.2, 0.25) is 5.02 Å². The van der Waals surface area contributed by atoms with Crippen molar-refractivity contribution < 1.29 is 9.31 Å². The van der Waals surface area contributed by atoms with Gasteiger partial charge in [-0.2, -0.15) is 5.10 Å². The molecular weight excluding hydrogens is 286 g/mol. The van der Waals surface area contributed by atoms with Crippen molar-refractivity contribution in [3.63, 3.8) is 0 Å². The summed E-state index contributed by atoms with van der Waals surface area (Å²) in [5.41, 5.74) is 1.07. The van der Waals surface area contributed by atoms with Gasteiger partial charge in [-0.05, 0) is 50.9 Å². The van der Waals surface area contributed by atoms with Gasteiger partial charge in [-0.1, -0.05) is 17.7 Å². The molecule has 4 nitrogen and oxygen atoms in total. The van der Waals surface area contributed by atoms with E-state index in [1.165, 1.54) is 0 Å². The molecule has 1 aromatic rings. The van der Waals surface area contributed by atoms with Crippen LogP contribution in [0.15, 0.2) is 23.3 Å². The summed E-state index contributed by atoms with van der Waals surface area (Å²) >= 11 is 6.13. The first-order valence-corrected chi connectivity index (χ1v) is 7.36. The Kier molecular flexibility index (Phi) is 4.38. The lowest BCUT2D eigenvalue weighted by atomic mass is 9.76. The second-order valence-corrected chi connectivity index (χ2v) is 6.89. The third kappa shape index (κ3) is 3.42. The maximum atomic E-state index is 6.13. The smallest absolute Gasteiger partial charge is 0.399 e. The van der Waals surface area contributed by atoms with Crippen LogP contribution in [0.25, 0.3) is 0 Å². The number of rotatable bonds is 3. The van der Waals surface area contributed by atoms with Crippen molar-refractivity contribution in [2.75, 3.05) is 14.1 Å². The molecule has 2 rings (SSSR count). The number of nitrogens with zero attached hydrogens (tertiary/aromatic N) is 2. The van der Waals surface area contributed by atoms with Crippen LogP contribution >= 0.6 is 11.6 Å². The summed E-state index contributed by atoms with van der Waals surface area (Å²) < 4.78 is 12.2.